The van der Waals surface area contributed by atoms with Crippen molar-refractivity contribution in [3.63, 3.8) is 0 Å². The van der Waals surface area contributed by atoms with Crippen molar-refractivity contribution in [3.05, 3.63) is 58.6 Å². The van der Waals surface area contributed by atoms with Crippen molar-refractivity contribution in [1.29, 1.82) is 0 Å². The number of alkyl halides is 1. The zero-order chi connectivity index (χ0) is 17.5. The third-order valence-electron chi connectivity index (χ3n) is 3.53. The van der Waals surface area contributed by atoms with Crippen LogP contribution in [0.25, 0.3) is 11.1 Å². The van der Waals surface area contributed by atoms with E-state index in [0.717, 1.165) is 22.3 Å². The maximum absolute atomic E-state index is 11.5. The van der Waals surface area contributed by atoms with Gasteiger partial charge in [0.1, 0.15) is 5.78 Å². The van der Waals surface area contributed by atoms with Crippen molar-refractivity contribution in [2.75, 3.05) is 11.9 Å². The highest BCUT2D eigenvalue weighted by molar-refractivity contribution is 9.09. The molecular weight excluding hydrogens is 392 g/mol. The molecule has 24 heavy (non-hydrogen) atoms. The summed E-state index contributed by atoms with van der Waals surface area (Å²) in [6.45, 7) is 2.18. The van der Waals surface area contributed by atoms with E-state index in [2.05, 4.69) is 15.9 Å². The molecule has 0 aliphatic rings. The molecule has 0 aliphatic carbocycles. The van der Waals surface area contributed by atoms with E-state index in [4.69, 9.17) is 16.3 Å². The van der Waals surface area contributed by atoms with E-state index in [1.165, 1.54) is 0 Å². The van der Waals surface area contributed by atoms with Gasteiger partial charge in [0.05, 0.1) is 18.4 Å². The summed E-state index contributed by atoms with van der Waals surface area (Å²) in [4.78, 5) is 23.0. The van der Waals surface area contributed by atoms with Crippen LogP contribution >= 0.6 is 27.5 Å². The molecule has 0 spiro atoms. The van der Waals surface area contributed by atoms with Crippen LogP contribution in [0.4, 0.5) is 0 Å². The molecule has 3 nitrogen and oxygen atoms in total. The van der Waals surface area contributed by atoms with Gasteiger partial charge in [-0.05, 0) is 35.2 Å². The minimum Gasteiger partial charge on any atom is -0.466 e. The monoisotopic (exact) mass is 408 g/mol. The highest BCUT2D eigenvalue weighted by atomic mass is 79.9. The summed E-state index contributed by atoms with van der Waals surface area (Å²) in [5, 5.41) is 0.907. The summed E-state index contributed by atoms with van der Waals surface area (Å²) >= 11 is 9.44. The third kappa shape index (κ3) is 5.18. The number of halogens is 2. The first-order valence-electron chi connectivity index (χ1n) is 7.64. The van der Waals surface area contributed by atoms with Crippen LogP contribution < -0.4 is 0 Å². The molecule has 0 fully saturated rings. The van der Waals surface area contributed by atoms with Gasteiger partial charge in [0.2, 0.25) is 0 Å². The number of hydrogen-bond donors (Lipinski definition) is 0. The van der Waals surface area contributed by atoms with Crippen LogP contribution in [0.1, 0.15) is 18.1 Å². The molecule has 2 rings (SSSR count). The van der Waals surface area contributed by atoms with Crippen molar-refractivity contribution >= 4 is 39.3 Å². The van der Waals surface area contributed by atoms with Crippen molar-refractivity contribution in [3.8, 4) is 11.1 Å². The maximum Gasteiger partial charge on any atom is 0.310 e. The molecule has 0 saturated heterocycles. The van der Waals surface area contributed by atoms with Crippen molar-refractivity contribution in [1.82, 2.24) is 0 Å². The van der Waals surface area contributed by atoms with Crippen LogP contribution in [0.15, 0.2) is 42.5 Å². The highest BCUT2D eigenvalue weighted by Crippen LogP contribution is 2.26. The molecule has 0 atom stereocenters. The Bertz CT molecular complexity index is 726. The quantitative estimate of drug-likeness (QED) is 0.495. The van der Waals surface area contributed by atoms with Crippen LogP contribution in [-0.4, -0.2) is 23.7 Å². The first-order valence-corrected chi connectivity index (χ1v) is 9.14. The fourth-order valence-electron chi connectivity index (χ4n) is 2.32. The van der Waals surface area contributed by atoms with E-state index in [9.17, 15) is 9.59 Å². The number of hydrogen-bond acceptors (Lipinski definition) is 3. The lowest BCUT2D eigenvalue weighted by molar-refractivity contribution is -0.142. The fraction of sp³-hybridized carbons (Fsp3) is 0.263. The molecule has 0 aliphatic heterocycles. The van der Waals surface area contributed by atoms with Crippen LogP contribution in [-0.2, 0) is 27.2 Å². The molecule has 0 bridgehead atoms. The van der Waals surface area contributed by atoms with E-state index >= 15 is 0 Å². The lowest BCUT2D eigenvalue weighted by Gasteiger charge is -2.08. The van der Waals surface area contributed by atoms with E-state index < -0.39 is 0 Å². The topological polar surface area (TPSA) is 43.4 Å². The number of ether oxygens (including phenoxy) is 1. The molecule has 126 valence electrons. The van der Waals surface area contributed by atoms with Crippen LogP contribution in [0, 0.1) is 0 Å². The van der Waals surface area contributed by atoms with Gasteiger partial charge in [0, 0.05) is 11.4 Å². The number of benzene rings is 2. The lowest BCUT2D eigenvalue weighted by atomic mass is 10.0. The Morgan fingerprint density at radius 1 is 1.04 bits per heavy atom. The average Bonchev–Trinajstić information content (AvgIpc) is 2.57. The Kier molecular flexibility index (Phi) is 7.00. The Morgan fingerprint density at radius 3 is 2.29 bits per heavy atom. The van der Waals surface area contributed by atoms with Crippen LogP contribution in [0.3, 0.4) is 0 Å². The van der Waals surface area contributed by atoms with Gasteiger partial charge in [-0.1, -0.05) is 63.9 Å². The van der Waals surface area contributed by atoms with Gasteiger partial charge >= 0.3 is 5.97 Å². The number of carbonyl (C=O) groups is 2. The van der Waals surface area contributed by atoms with Gasteiger partial charge in [-0.15, -0.1) is 0 Å². The standard InChI is InChI=1S/C19H18BrClO3/c1-2-24-19(23)9-13-3-5-14(6-4-13)15-7-8-16(18(21)11-15)10-17(22)12-20/h3-8,11H,2,9-10,12H2,1H3. The fourth-order valence-corrected chi connectivity index (χ4v) is 2.77. The summed E-state index contributed by atoms with van der Waals surface area (Å²) < 4.78 is 4.94. The minimum atomic E-state index is -0.228. The molecule has 0 saturated carbocycles. The predicted octanol–water partition coefficient (Wildman–Crippen LogP) is 4.62. The SMILES string of the molecule is CCOC(=O)Cc1ccc(-c2ccc(CC(=O)CBr)c(Cl)c2)cc1. The Labute approximate surface area is 155 Å². The van der Waals surface area contributed by atoms with E-state index in [1.807, 2.05) is 42.5 Å². The normalized spacial score (nSPS) is 10.5. The zero-order valence-electron chi connectivity index (χ0n) is 13.4. The second-order valence-electron chi connectivity index (χ2n) is 5.33. The molecule has 0 radical (unpaired) electrons. The molecule has 0 amide bonds. The highest BCUT2D eigenvalue weighted by Gasteiger charge is 2.09. The minimum absolute atomic E-state index is 0.0907. The lowest BCUT2D eigenvalue weighted by Crippen LogP contribution is -2.07. The number of rotatable bonds is 7. The van der Waals surface area contributed by atoms with Gasteiger partial charge < -0.3 is 4.74 Å². The number of Topliss-reactive ketones (excluding diaryl/α,β-unsaturated/α-hetero) is 1. The van der Waals surface area contributed by atoms with Gasteiger partial charge in [-0.3, -0.25) is 9.59 Å². The molecule has 0 heterocycles. The summed E-state index contributed by atoms with van der Waals surface area (Å²) in [7, 11) is 0. The Hall–Kier alpha value is -1.65. The second kappa shape index (κ2) is 9.00. The van der Waals surface area contributed by atoms with Gasteiger partial charge in [-0.2, -0.15) is 0 Å². The summed E-state index contributed by atoms with van der Waals surface area (Å²) in [6, 6.07) is 13.4. The largest absolute Gasteiger partial charge is 0.466 e. The van der Waals surface area contributed by atoms with Crippen molar-refractivity contribution in [2.45, 2.75) is 19.8 Å². The smallest absolute Gasteiger partial charge is 0.310 e. The van der Waals surface area contributed by atoms with Crippen molar-refractivity contribution in [2.24, 2.45) is 0 Å². The first kappa shape index (κ1) is 18.7. The van der Waals surface area contributed by atoms with E-state index in [0.29, 0.717) is 23.4 Å². The first-order chi connectivity index (χ1) is 11.5. The van der Waals surface area contributed by atoms with Gasteiger partial charge in [0.15, 0.2) is 0 Å². The molecule has 0 unspecified atom stereocenters. The van der Waals surface area contributed by atoms with E-state index in [1.54, 1.807) is 6.92 Å². The van der Waals surface area contributed by atoms with Gasteiger partial charge in [-0.25, -0.2) is 0 Å². The number of ketones is 1. The van der Waals surface area contributed by atoms with Crippen molar-refractivity contribution < 1.29 is 14.3 Å². The Balaban J connectivity index is 2.12. The number of carbonyl (C=O) groups excluding carboxylic acids is 2. The average molecular weight is 410 g/mol. The van der Waals surface area contributed by atoms with Crippen LogP contribution in [0.2, 0.25) is 5.02 Å². The zero-order valence-corrected chi connectivity index (χ0v) is 15.7. The summed E-state index contributed by atoms with van der Waals surface area (Å²) in [5.41, 5.74) is 3.70. The number of esters is 1. The summed E-state index contributed by atoms with van der Waals surface area (Å²) in [6.07, 6.45) is 0.589. The van der Waals surface area contributed by atoms with E-state index in [-0.39, 0.29) is 18.2 Å². The molecule has 0 aromatic heterocycles. The predicted molar refractivity (Wildman–Crippen MR) is 99.7 cm³/mol. The molecule has 5 heteroatoms. The molecular formula is C19H18BrClO3. The molecule has 2 aromatic rings. The maximum atomic E-state index is 11.5. The Morgan fingerprint density at radius 2 is 1.71 bits per heavy atom. The molecule has 2 aromatic carbocycles. The summed E-state index contributed by atoms with van der Waals surface area (Å²) in [5.74, 6) is -0.137. The molecule has 0 N–H and O–H groups in total. The second-order valence-corrected chi connectivity index (χ2v) is 6.30. The third-order valence-corrected chi connectivity index (χ3v) is 4.51. The van der Waals surface area contributed by atoms with Crippen LogP contribution in [0.5, 0.6) is 0 Å². The van der Waals surface area contributed by atoms with Gasteiger partial charge in [0.25, 0.3) is 0 Å².